The van der Waals surface area contributed by atoms with E-state index in [0.29, 0.717) is 0 Å². The second kappa shape index (κ2) is 6.38. The maximum atomic E-state index is 5.80. The van der Waals surface area contributed by atoms with Gasteiger partial charge in [-0.05, 0) is 19.3 Å². The largest absolute Gasteiger partial charge is 0.385 e. The summed E-state index contributed by atoms with van der Waals surface area (Å²) in [6.45, 7) is 6.75. The SMILES string of the molecule is C=C(CC)CC(N)CCOC. The van der Waals surface area contributed by atoms with Crippen LogP contribution in [0.2, 0.25) is 0 Å². The van der Waals surface area contributed by atoms with E-state index in [2.05, 4.69) is 13.5 Å². The molecule has 0 radical (unpaired) electrons. The minimum atomic E-state index is 0.224. The summed E-state index contributed by atoms with van der Waals surface area (Å²) in [5, 5.41) is 0. The molecule has 11 heavy (non-hydrogen) atoms. The molecule has 0 amide bonds. The molecule has 0 heterocycles. The fourth-order valence-corrected chi connectivity index (χ4v) is 0.886. The number of ether oxygens (including phenoxy) is 1. The van der Waals surface area contributed by atoms with Gasteiger partial charge in [0.1, 0.15) is 0 Å². The summed E-state index contributed by atoms with van der Waals surface area (Å²) in [6, 6.07) is 0.224. The maximum absolute atomic E-state index is 5.80. The third-order valence-electron chi connectivity index (χ3n) is 1.74. The monoisotopic (exact) mass is 157 g/mol. The molecule has 1 atom stereocenters. The highest BCUT2D eigenvalue weighted by Gasteiger charge is 2.02. The van der Waals surface area contributed by atoms with E-state index in [1.807, 2.05) is 0 Å². The van der Waals surface area contributed by atoms with Crippen LogP contribution in [0.25, 0.3) is 0 Å². The van der Waals surface area contributed by atoms with Gasteiger partial charge in [0.25, 0.3) is 0 Å². The van der Waals surface area contributed by atoms with Gasteiger partial charge in [-0.1, -0.05) is 19.1 Å². The Morgan fingerprint density at radius 3 is 2.73 bits per heavy atom. The van der Waals surface area contributed by atoms with Gasteiger partial charge in [0, 0.05) is 19.8 Å². The van der Waals surface area contributed by atoms with Gasteiger partial charge in [0.15, 0.2) is 0 Å². The molecule has 2 N–H and O–H groups in total. The Balaban J connectivity index is 3.35. The van der Waals surface area contributed by atoms with Crippen molar-refractivity contribution in [3.8, 4) is 0 Å². The van der Waals surface area contributed by atoms with Crippen molar-refractivity contribution in [3.05, 3.63) is 12.2 Å². The summed E-state index contributed by atoms with van der Waals surface area (Å²) in [4.78, 5) is 0. The molecule has 66 valence electrons. The molecule has 0 rings (SSSR count). The summed E-state index contributed by atoms with van der Waals surface area (Å²) in [7, 11) is 1.70. The molecule has 0 bridgehead atoms. The molecule has 2 nitrogen and oxygen atoms in total. The van der Waals surface area contributed by atoms with E-state index in [1.165, 1.54) is 5.57 Å². The van der Waals surface area contributed by atoms with Crippen LogP contribution < -0.4 is 5.73 Å². The van der Waals surface area contributed by atoms with E-state index in [9.17, 15) is 0 Å². The number of hydrogen-bond donors (Lipinski definition) is 1. The van der Waals surface area contributed by atoms with Crippen molar-refractivity contribution in [1.29, 1.82) is 0 Å². The van der Waals surface area contributed by atoms with Crippen LogP contribution in [0.4, 0.5) is 0 Å². The van der Waals surface area contributed by atoms with E-state index in [1.54, 1.807) is 7.11 Å². The molecule has 0 aliphatic heterocycles. The van der Waals surface area contributed by atoms with E-state index in [0.717, 1.165) is 25.9 Å². The van der Waals surface area contributed by atoms with Crippen molar-refractivity contribution in [2.75, 3.05) is 13.7 Å². The van der Waals surface area contributed by atoms with Gasteiger partial charge >= 0.3 is 0 Å². The molecule has 0 saturated carbocycles. The Hall–Kier alpha value is -0.340. The molecule has 1 unspecified atom stereocenters. The molecule has 0 saturated heterocycles. The van der Waals surface area contributed by atoms with Crippen molar-refractivity contribution in [3.63, 3.8) is 0 Å². The first kappa shape index (κ1) is 10.7. The van der Waals surface area contributed by atoms with Gasteiger partial charge in [-0.2, -0.15) is 0 Å². The zero-order valence-electron chi connectivity index (χ0n) is 7.60. The van der Waals surface area contributed by atoms with E-state index >= 15 is 0 Å². The first-order valence-electron chi connectivity index (χ1n) is 4.11. The zero-order valence-corrected chi connectivity index (χ0v) is 7.60. The standard InChI is InChI=1S/C9H19NO/c1-4-8(2)7-9(10)5-6-11-3/h9H,2,4-7,10H2,1,3H3. The molecule has 0 aromatic carbocycles. The normalized spacial score (nSPS) is 13.0. The number of rotatable bonds is 6. The zero-order chi connectivity index (χ0) is 8.69. The Kier molecular flexibility index (Phi) is 6.18. The van der Waals surface area contributed by atoms with E-state index in [4.69, 9.17) is 10.5 Å². The molecular weight excluding hydrogens is 138 g/mol. The maximum Gasteiger partial charge on any atom is 0.0477 e. The molecule has 0 spiro atoms. The second-order valence-corrected chi connectivity index (χ2v) is 2.85. The summed E-state index contributed by atoms with van der Waals surface area (Å²) in [5.74, 6) is 0. The van der Waals surface area contributed by atoms with Crippen molar-refractivity contribution < 1.29 is 4.74 Å². The molecule has 0 aromatic heterocycles. The smallest absolute Gasteiger partial charge is 0.0477 e. The summed E-state index contributed by atoms with van der Waals surface area (Å²) in [6.07, 6.45) is 2.88. The topological polar surface area (TPSA) is 35.2 Å². The molecule has 0 fully saturated rings. The highest BCUT2D eigenvalue weighted by atomic mass is 16.5. The van der Waals surface area contributed by atoms with Crippen LogP contribution in [0.15, 0.2) is 12.2 Å². The van der Waals surface area contributed by atoms with Crippen molar-refractivity contribution >= 4 is 0 Å². The lowest BCUT2D eigenvalue weighted by Gasteiger charge is -2.11. The minimum absolute atomic E-state index is 0.224. The predicted molar refractivity (Wildman–Crippen MR) is 48.5 cm³/mol. The van der Waals surface area contributed by atoms with Gasteiger partial charge in [-0.25, -0.2) is 0 Å². The van der Waals surface area contributed by atoms with Crippen molar-refractivity contribution in [1.82, 2.24) is 0 Å². The Morgan fingerprint density at radius 1 is 1.64 bits per heavy atom. The van der Waals surface area contributed by atoms with Crippen molar-refractivity contribution in [2.45, 2.75) is 32.2 Å². The molecule has 0 aliphatic carbocycles. The first-order valence-corrected chi connectivity index (χ1v) is 4.11. The van der Waals surface area contributed by atoms with E-state index < -0.39 is 0 Å². The number of nitrogens with two attached hydrogens (primary N) is 1. The predicted octanol–water partition coefficient (Wildman–Crippen LogP) is 1.71. The molecule has 0 aromatic rings. The quantitative estimate of drug-likeness (QED) is 0.596. The van der Waals surface area contributed by atoms with Crippen LogP contribution in [0.3, 0.4) is 0 Å². The third-order valence-corrected chi connectivity index (χ3v) is 1.74. The lowest BCUT2D eigenvalue weighted by molar-refractivity contribution is 0.187. The van der Waals surface area contributed by atoms with Gasteiger partial charge in [-0.3, -0.25) is 0 Å². The molecule has 0 aliphatic rings. The van der Waals surface area contributed by atoms with Crippen LogP contribution in [0, 0.1) is 0 Å². The Bertz CT molecular complexity index is 112. The highest BCUT2D eigenvalue weighted by Crippen LogP contribution is 2.07. The van der Waals surface area contributed by atoms with Crippen LogP contribution in [-0.4, -0.2) is 19.8 Å². The van der Waals surface area contributed by atoms with E-state index in [-0.39, 0.29) is 6.04 Å². The van der Waals surface area contributed by atoms with Crippen LogP contribution in [0.1, 0.15) is 26.2 Å². The van der Waals surface area contributed by atoms with Crippen LogP contribution >= 0.6 is 0 Å². The Morgan fingerprint density at radius 2 is 2.27 bits per heavy atom. The van der Waals surface area contributed by atoms with Gasteiger partial charge in [0.05, 0.1) is 0 Å². The third kappa shape index (κ3) is 6.07. The lowest BCUT2D eigenvalue weighted by Crippen LogP contribution is -2.22. The fraction of sp³-hybridized carbons (Fsp3) is 0.778. The van der Waals surface area contributed by atoms with Crippen LogP contribution in [0.5, 0.6) is 0 Å². The fourth-order valence-electron chi connectivity index (χ4n) is 0.886. The minimum Gasteiger partial charge on any atom is -0.385 e. The first-order chi connectivity index (χ1) is 5.20. The summed E-state index contributed by atoms with van der Waals surface area (Å²) in [5.41, 5.74) is 7.03. The average molecular weight is 157 g/mol. The highest BCUT2D eigenvalue weighted by molar-refractivity contribution is 4.95. The average Bonchev–Trinajstić information content (AvgIpc) is 2.00. The Labute approximate surface area is 69.4 Å². The van der Waals surface area contributed by atoms with Gasteiger partial charge in [0.2, 0.25) is 0 Å². The molecule has 2 heteroatoms. The van der Waals surface area contributed by atoms with Gasteiger partial charge < -0.3 is 10.5 Å². The van der Waals surface area contributed by atoms with Gasteiger partial charge in [-0.15, -0.1) is 0 Å². The second-order valence-electron chi connectivity index (χ2n) is 2.85. The summed E-state index contributed by atoms with van der Waals surface area (Å²) >= 11 is 0. The summed E-state index contributed by atoms with van der Waals surface area (Å²) < 4.78 is 4.92. The van der Waals surface area contributed by atoms with Crippen molar-refractivity contribution in [2.24, 2.45) is 5.73 Å². The lowest BCUT2D eigenvalue weighted by atomic mass is 10.0. The molecular formula is C9H19NO. The number of methoxy groups -OCH3 is 1. The number of hydrogen-bond acceptors (Lipinski definition) is 2. The van der Waals surface area contributed by atoms with Crippen LogP contribution in [-0.2, 0) is 4.74 Å².